The normalized spacial score (nSPS) is 24.1. The first kappa shape index (κ1) is 23.2. The molecule has 0 spiro atoms. The molecule has 2 aliphatic rings. The van der Waals surface area contributed by atoms with Crippen molar-refractivity contribution in [2.24, 2.45) is 5.92 Å². The van der Waals surface area contributed by atoms with E-state index in [1.54, 1.807) is 10.6 Å². The Morgan fingerprint density at radius 2 is 2.06 bits per heavy atom. The number of aryl methyl sites for hydroxylation is 1. The molecule has 0 radical (unpaired) electrons. The Balaban J connectivity index is 1.24. The number of aliphatic hydroxyl groups is 2. The van der Waals surface area contributed by atoms with E-state index in [2.05, 4.69) is 10.1 Å². The smallest absolute Gasteiger partial charge is 0.257 e. The SMILES string of the molecule is Cc1nc2n(c(=O)c1CCC(O)C1CCCC(c3noc4cc(F)ccc34)CC1)CCCC2O. The lowest BCUT2D eigenvalue weighted by Crippen LogP contribution is -2.34. The molecule has 1 fully saturated rings. The second-order valence-corrected chi connectivity index (χ2v) is 9.93. The molecule has 1 aromatic carbocycles. The molecule has 3 heterocycles. The first-order valence-corrected chi connectivity index (χ1v) is 12.4. The first-order chi connectivity index (χ1) is 16.4. The highest BCUT2D eigenvalue weighted by Crippen LogP contribution is 2.38. The van der Waals surface area contributed by atoms with E-state index in [0.717, 1.165) is 49.6 Å². The molecule has 182 valence electrons. The fraction of sp³-hybridized carbons (Fsp3) is 0.577. The zero-order valence-corrected chi connectivity index (χ0v) is 19.5. The Morgan fingerprint density at radius 3 is 2.91 bits per heavy atom. The average Bonchev–Trinajstić information content (AvgIpc) is 3.07. The molecule has 7 nitrogen and oxygen atoms in total. The fourth-order valence-electron chi connectivity index (χ4n) is 5.79. The highest BCUT2D eigenvalue weighted by molar-refractivity contribution is 5.79. The molecule has 4 unspecified atom stereocenters. The number of benzene rings is 1. The van der Waals surface area contributed by atoms with Crippen LogP contribution in [0.25, 0.3) is 11.0 Å². The summed E-state index contributed by atoms with van der Waals surface area (Å²) in [6.45, 7) is 2.40. The molecular formula is C26H32FN3O4. The fourth-order valence-corrected chi connectivity index (χ4v) is 5.79. The molecule has 5 rings (SSSR count). The highest BCUT2D eigenvalue weighted by atomic mass is 19.1. The molecule has 3 aromatic rings. The van der Waals surface area contributed by atoms with Crippen molar-refractivity contribution in [1.29, 1.82) is 0 Å². The van der Waals surface area contributed by atoms with Crippen LogP contribution in [0.5, 0.6) is 0 Å². The van der Waals surface area contributed by atoms with Gasteiger partial charge in [0, 0.05) is 35.2 Å². The Bertz CT molecular complexity index is 1240. The minimum Gasteiger partial charge on any atom is -0.393 e. The maximum atomic E-state index is 13.5. The van der Waals surface area contributed by atoms with E-state index < -0.39 is 12.2 Å². The lowest BCUT2D eigenvalue weighted by molar-refractivity contribution is 0.0898. The van der Waals surface area contributed by atoms with Crippen LogP contribution in [0.3, 0.4) is 0 Å². The van der Waals surface area contributed by atoms with Gasteiger partial charge in [-0.05, 0) is 76.3 Å². The third-order valence-corrected chi connectivity index (χ3v) is 7.75. The van der Waals surface area contributed by atoms with Gasteiger partial charge in [0.25, 0.3) is 5.56 Å². The predicted octanol–water partition coefficient (Wildman–Crippen LogP) is 4.32. The van der Waals surface area contributed by atoms with Gasteiger partial charge in [0.05, 0.1) is 11.8 Å². The Morgan fingerprint density at radius 1 is 1.21 bits per heavy atom. The molecule has 0 saturated heterocycles. The Hall–Kier alpha value is -2.58. The molecule has 0 bridgehead atoms. The Labute approximate surface area is 197 Å². The van der Waals surface area contributed by atoms with Crippen LogP contribution in [0.1, 0.15) is 86.2 Å². The van der Waals surface area contributed by atoms with E-state index in [-0.39, 0.29) is 23.2 Å². The standard InChI is InChI=1S/C26H32FN3O4/c1-15-19(26(33)30-13-3-6-22(32)25(30)28-15)11-12-21(31)16-4-2-5-17(8-7-16)24-20-10-9-18(27)14-23(20)34-29-24/h9-10,14,16-17,21-22,31-32H,2-8,11-13H2,1H3. The average molecular weight is 470 g/mol. The van der Waals surface area contributed by atoms with Gasteiger partial charge >= 0.3 is 0 Å². The van der Waals surface area contributed by atoms with Crippen molar-refractivity contribution in [3.8, 4) is 0 Å². The van der Waals surface area contributed by atoms with Gasteiger partial charge in [0.15, 0.2) is 5.58 Å². The summed E-state index contributed by atoms with van der Waals surface area (Å²) in [7, 11) is 0. The molecule has 1 aliphatic heterocycles. The minimum atomic E-state index is -0.681. The summed E-state index contributed by atoms with van der Waals surface area (Å²) in [5.41, 5.74) is 2.58. The summed E-state index contributed by atoms with van der Waals surface area (Å²) >= 11 is 0. The van der Waals surface area contributed by atoms with Gasteiger partial charge in [-0.1, -0.05) is 11.6 Å². The first-order valence-electron chi connectivity index (χ1n) is 12.4. The number of aromatic nitrogens is 3. The zero-order chi connectivity index (χ0) is 23.8. The van der Waals surface area contributed by atoms with Crippen molar-refractivity contribution in [3.63, 3.8) is 0 Å². The van der Waals surface area contributed by atoms with E-state index >= 15 is 0 Å². The van der Waals surface area contributed by atoms with E-state index in [1.165, 1.54) is 12.1 Å². The monoisotopic (exact) mass is 469 g/mol. The van der Waals surface area contributed by atoms with Crippen molar-refractivity contribution >= 4 is 11.0 Å². The molecule has 1 aliphatic carbocycles. The van der Waals surface area contributed by atoms with Crippen LogP contribution in [0, 0.1) is 18.7 Å². The van der Waals surface area contributed by atoms with Gasteiger partial charge in [0.1, 0.15) is 17.7 Å². The van der Waals surface area contributed by atoms with Gasteiger partial charge in [-0.25, -0.2) is 9.37 Å². The van der Waals surface area contributed by atoms with Gasteiger partial charge in [0.2, 0.25) is 0 Å². The second kappa shape index (κ2) is 9.58. The van der Waals surface area contributed by atoms with Crippen LogP contribution in [0.15, 0.2) is 27.5 Å². The zero-order valence-electron chi connectivity index (χ0n) is 19.5. The number of halogens is 1. The number of nitrogens with zero attached hydrogens (tertiary/aromatic N) is 3. The topological polar surface area (TPSA) is 101 Å². The van der Waals surface area contributed by atoms with E-state index in [9.17, 15) is 19.4 Å². The van der Waals surface area contributed by atoms with Gasteiger partial charge in [-0.2, -0.15) is 0 Å². The van der Waals surface area contributed by atoms with Crippen LogP contribution in [0.4, 0.5) is 4.39 Å². The van der Waals surface area contributed by atoms with E-state index in [1.807, 2.05) is 6.92 Å². The van der Waals surface area contributed by atoms with Gasteiger partial charge < -0.3 is 14.7 Å². The number of fused-ring (bicyclic) bond motifs is 2. The van der Waals surface area contributed by atoms with Crippen molar-refractivity contribution in [1.82, 2.24) is 14.7 Å². The summed E-state index contributed by atoms with van der Waals surface area (Å²) in [6.07, 6.45) is 5.83. The minimum absolute atomic E-state index is 0.0799. The number of hydrogen-bond donors (Lipinski definition) is 2. The van der Waals surface area contributed by atoms with Crippen molar-refractivity contribution in [3.05, 3.63) is 57.1 Å². The molecule has 1 saturated carbocycles. The molecule has 0 amide bonds. The van der Waals surface area contributed by atoms with Crippen LogP contribution in [-0.2, 0) is 13.0 Å². The van der Waals surface area contributed by atoms with Crippen molar-refractivity contribution in [2.75, 3.05) is 0 Å². The summed E-state index contributed by atoms with van der Waals surface area (Å²) in [4.78, 5) is 17.5. The molecule has 2 aromatic heterocycles. The van der Waals surface area contributed by atoms with Gasteiger partial charge in [-0.15, -0.1) is 0 Å². The molecule has 4 atom stereocenters. The largest absolute Gasteiger partial charge is 0.393 e. The number of rotatable bonds is 5. The van der Waals surface area contributed by atoms with Crippen LogP contribution >= 0.6 is 0 Å². The quantitative estimate of drug-likeness (QED) is 0.540. The van der Waals surface area contributed by atoms with Crippen molar-refractivity contribution < 1.29 is 19.1 Å². The Kier molecular flexibility index (Phi) is 6.53. The summed E-state index contributed by atoms with van der Waals surface area (Å²) in [5, 5.41) is 26.3. The van der Waals surface area contributed by atoms with Gasteiger partial charge in [-0.3, -0.25) is 9.36 Å². The third-order valence-electron chi connectivity index (χ3n) is 7.75. The summed E-state index contributed by atoms with van der Waals surface area (Å²) in [6, 6.07) is 4.54. The lowest BCUT2D eigenvalue weighted by Gasteiger charge is -2.24. The van der Waals surface area contributed by atoms with Crippen LogP contribution in [0.2, 0.25) is 0 Å². The number of aliphatic hydroxyl groups excluding tert-OH is 2. The maximum Gasteiger partial charge on any atom is 0.257 e. The number of hydrogen-bond acceptors (Lipinski definition) is 6. The third kappa shape index (κ3) is 4.41. The van der Waals surface area contributed by atoms with Crippen LogP contribution < -0.4 is 5.56 Å². The van der Waals surface area contributed by atoms with Crippen LogP contribution in [-0.4, -0.2) is 31.0 Å². The predicted molar refractivity (Wildman–Crippen MR) is 125 cm³/mol. The molecule has 8 heteroatoms. The van der Waals surface area contributed by atoms with E-state index in [4.69, 9.17) is 4.52 Å². The lowest BCUT2D eigenvalue weighted by atomic mass is 9.89. The van der Waals surface area contributed by atoms with E-state index in [0.29, 0.717) is 48.5 Å². The molecule has 34 heavy (non-hydrogen) atoms. The summed E-state index contributed by atoms with van der Waals surface area (Å²) < 4.78 is 20.5. The van der Waals surface area contributed by atoms with Crippen molar-refractivity contribution in [2.45, 2.75) is 89.4 Å². The maximum absolute atomic E-state index is 13.5. The molecular weight excluding hydrogens is 437 g/mol. The highest BCUT2D eigenvalue weighted by Gasteiger charge is 2.29. The molecule has 2 N–H and O–H groups in total. The second-order valence-electron chi connectivity index (χ2n) is 9.93. The summed E-state index contributed by atoms with van der Waals surface area (Å²) in [5.74, 6) is 0.526.